The topological polar surface area (TPSA) is 17.1 Å². The van der Waals surface area contributed by atoms with E-state index in [0.29, 0.717) is 5.78 Å². The summed E-state index contributed by atoms with van der Waals surface area (Å²) in [7, 11) is 0. The maximum Gasteiger partial charge on any atom is 0.135 e. The van der Waals surface area contributed by atoms with E-state index >= 15 is 0 Å². The van der Waals surface area contributed by atoms with Gasteiger partial charge in [-0.15, -0.1) is 0 Å². The second-order valence-electron chi connectivity index (χ2n) is 6.60. The fourth-order valence-electron chi connectivity index (χ4n) is 2.48. The van der Waals surface area contributed by atoms with Crippen LogP contribution in [0, 0.1) is 5.92 Å². The van der Waals surface area contributed by atoms with E-state index in [4.69, 9.17) is 0 Å². The van der Waals surface area contributed by atoms with Gasteiger partial charge >= 0.3 is 0 Å². The minimum absolute atomic E-state index is 0.220. The van der Waals surface area contributed by atoms with E-state index in [-0.39, 0.29) is 5.92 Å². The van der Waals surface area contributed by atoms with Crippen molar-refractivity contribution in [1.29, 1.82) is 0 Å². The SMILES string of the molecule is CCCCCCC/C=C\CCCCCCCC(=O)C(C)C. The van der Waals surface area contributed by atoms with Gasteiger partial charge in [0.2, 0.25) is 0 Å². The molecule has 0 saturated carbocycles. The number of ketones is 1. The minimum Gasteiger partial charge on any atom is -0.299 e. The molecule has 0 aliphatic heterocycles. The second-order valence-corrected chi connectivity index (χ2v) is 6.60. The van der Waals surface area contributed by atoms with Crippen molar-refractivity contribution in [2.45, 2.75) is 104 Å². The molecule has 0 aromatic heterocycles. The number of allylic oxidation sites excluding steroid dienone is 2. The lowest BCUT2D eigenvalue weighted by atomic mass is 10.0. The Hall–Kier alpha value is -0.590. The van der Waals surface area contributed by atoms with Crippen LogP contribution in [0.3, 0.4) is 0 Å². The molecular formula is C20H38O. The van der Waals surface area contributed by atoms with E-state index in [2.05, 4.69) is 19.1 Å². The lowest BCUT2D eigenvalue weighted by Gasteiger charge is -2.03. The predicted octanol–water partition coefficient (Wildman–Crippen LogP) is 6.86. The van der Waals surface area contributed by atoms with Crippen LogP contribution in [0.5, 0.6) is 0 Å². The molecule has 0 aromatic carbocycles. The highest BCUT2D eigenvalue weighted by Crippen LogP contribution is 2.10. The van der Waals surface area contributed by atoms with Crippen LogP contribution in [0.25, 0.3) is 0 Å². The highest BCUT2D eigenvalue weighted by molar-refractivity contribution is 5.80. The Balaban J connectivity index is 3.16. The zero-order chi connectivity index (χ0) is 15.8. The van der Waals surface area contributed by atoms with Crippen LogP contribution in [0.4, 0.5) is 0 Å². The van der Waals surface area contributed by atoms with Gasteiger partial charge in [0.05, 0.1) is 0 Å². The van der Waals surface area contributed by atoms with Gasteiger partial charge < -0.3 is 0 Å². The molecule has 0 aliphatic rings. The van der Waals surface area contributed by atoms with Gasteiger partial charge in [0.1, 0.15) is 5.78 Å². The van der Waals surface area contributed by atoms with Crippen molar-refractivity contribution in [1.82, 2.24) is 0 Å². The van der Waals surface area contributed by atoms with Crippen LogP contribution < -0.4 is 0 Å². The number of carbonyl (C=O) groups excluding carboxylic acids is 1. The average Bonchev–Trinajstić information content (AvgIpc) is 2.47. The number of carbonyl (C=O) groups is 1. The van der Waals surface area contributed by atoms with Crippen molar-refractivity contribution in [3.8, 4) is 0 Å². The third-order valence-corrected chi connectivity index (χ3v) is 4.08. The minimum atomic E-state index is 0.220. The van der Waals surface area contributed by atoms with Crippen LogP contribution in [-0.2, 0) is 4.79 Å². The number of rotatable bonds is 15. The molecule has 1 nitrogen and oxygen atoms in total. The Labute approximate surface area is 133 Å². The maximum atomic E-state index is 11.5. The Bertz CT molecular complexity index is 253. The summed E-state index contributed by atoms with van der Waals surface area (Å²) in [6.07, 6.45) is 21.1. The van der Waals surface area contributed by atoms with Crippen LogP contribution in [0.1, 0.15) is 104 Å². The Kier molecular flexibility index (Phi) is 15.3. The lowest BCUT2D eigenvalue weighted by molar-refractivity contribution is -0.122. The maximum absolute atomic E-state index is 11.5. The standard InChI is InChI=1S/C20H38O/c1-4-5-6-7-8-9-10-11-12-13-14-15-16-17-18-20(21)19(2)3/h10-11,19H,4-9,12-18H2,1-3H3/b11-10-. The molecular weight excluding hydrogens is 256 g/mol. The molecule has 1 heteroatoms. The van der Waals surface area contributed by atoms with Crippen molar-refractivity contribution in [3.05, 3.63) is 12.2 Å². The monoisotopic (exact) mass is 294 g/mol. The molecule has 0 amide bonds. The van der Waals surface area contributed by atoms with Gasteiger partial charge in [0.15, 0.2) is 0 Å². The lowest BCUT2D eigenvalue weighted by Crippen LogP contribution is -2.05. The average molecular weight is 295 g/mol. The summed E-state index contributed by atoms with van der Waals surface area (Å²) >= 11 is 0. The summed E-state index contributed by atoms with van der Waals surface area (Å²) < 4.78 is 0. The molecule has 124 valence electrons. The van der Waals surface area contributed by atoms with E-state index in [0.717, 1.165) is 12.8 Å². The predicted molar refractivity (Wildman–Crippen MR) is 94.7 cm³/mol. The van der Waals surface area contributed by atoms with Crippen LogP contribution in [0.15, 0.2) is 12.2 Å². The van der Waals surface area contributed by atoms with Gasteiger partial charge in [0.25, 0.3) is 0 Å². The Morgan fingerprint density at radius 2 is 1.24 bits per heavy atom. The molecule has 0 radical (unpaired) electrons. The van der Waals surface area contributed by atoms with Crippen molar-refractivity contribution in [2.24, 2.45) is 5.92 Å². The first-order valence-corrected chi connectivity index (χ1v) is 9.36. The van der Waals surface area contributed by atoms with Gasteiger partial charge in [-0.25, -0.2) is 0 Å². The highest BCUT2D eigenvalue weighted by atomic mass is 16.1. The smallest absolute Gasteiger partial charge is 0.135 e. The highest BCUT2D eigenvalue weighted by Gasteiger charge is 2.05. The van der Waals surface area contributed by atoms with E-state index < -0.39 is 0 Å². The summed E-state index contributed by atoms with van der Waals surface area (Å²) in [5.41, 5.74) is 0. The van der Waals surface area contributed by atoms with Crippen molar-refractivity contribution < 1.29 is 4.79 Å². The first-order chi connectivity index (χ1) is 10.2. The fourth-order valence-corrected chi connectivity index (χ4v) is 2.48. The number of Topliss-reactive ketones (excluding diaryl/α,β-unsaturated/α-hetero) is 1. The molecule has 0 bridgehead atoms. The van der Waals surface area contributed by atoms with Gasteiger partial charge in [-0.1, -0.05) is 77.9 Å². The summed E-state index contributed by atoms with van der Waals surface area (Å²) in [6, 6.07) is 0. The van der Waals surface area contributed by atoms with Gasteiger partial charge in [-0.3, -0.25) is 4.79 Å². The zero-order valence-electron chi connectivity index (χ0n) is 14.8. The molecule has 0 aliphatic carbocycles. The van der Waals surface area contributed by atoms with E-state index in [9.17, 15) is 4.79 Å². The second kappa shape index (κ2) is 15.8. The Morgan fingerprint density at radius 3 is 1.76 bits per heavy atom. The molecule has 0 aromatic rings. The molecule has 21 heavy (non-hydrogen) atoms. The largest absolute Gasteiger partial charge is 0.299 e. The first kappa shape index (κ1) is 20.4. The summed E-state index contributed by atoms with van der Waals surface area (Å²) in [4.78, 5) is 11.5. The van der Waals surface area contributed by atoms with Gasteiger partial charge in [0, 0.05) is 12.3 Å². The normalized spacial score (nSPS) is 11.6. The third kappa shape index (κ3) is 15.6. The molecule has 0 N–H and O–H groups in total. The van der Waals surface area contributed by atoms with E-state index in [1.807, 2.05) is 13.8 Å². The summed E-state index contributed by atoms with van der Waals surface area (Å²) in [5.74, 6) is 0.647. The molecule has 0 atom stereocenters. The number of unbranched alkanes of at least 4 members (excludes halogenated alkanes) is 10. The van der Waals surface area contributed by atoms with Crippen molar-refractivity contribution >= 4 is 5.78 Å². The summed E-state index contributed by atoms with van der Waals surface area (Å²) in [5, 5.41) is 0. The molecule has 0 rings (SSSR count). The van der Waals surface area contributed by atoms with Crippen LogP contribution in [-0.4, -0.2) is 5.78 Å². The molecule has 0 fully saturated rings. The van der Waals surface area contributed by atoms with E-state index in [1.165, 1.54) is 70.6 Å². The summed E-state index contributed by atoms with van der Waals surface area (Å²) in [6.45, 7) is 6.26. The zero-order valence-corrected chi connectivity index (χ0v) is 14.8. The van der Waals surface area contributed by atoms with Crippen molar-refractivity contribution in [2.75, 3.05) is 0 Å². The molecule has 0 unspecified atom stereocenters. The molecule has 0 heterocycles. The third-order valence-electron chi connectivity index (χ3n) is 4.08. The van der Waals surface area contributed by atoms with Gasteiger partial charge in [-0.2, -0.15) is 0 Å². The van der Waals surface area contributed by atoms with Crippen LogP contribution >= 0.6 is 0 Å². The Morgan fingerprint density at radius 1 is 0.762 bits per heavy atom. The van der Waals surface area contributed by atoms with Crippen molar-refractivity contribution in [3.63, 3.8) is 0 Å². The quantitative estimate of drug-likeness (QED) is 0.238. The number of hydrogen-bond donors (Lipinski definition) is 0. The van der Waals surface area contributed by atoms with E-state index in [1.54, 1.807) is 0 Å². The number of hydrogen-bond acceptors (Lipinski definition) is 1. The van der Waals surface area contributed by atoms with Crippen LogP contribution in [0.2, 0.25) is 0 Å². The molecule has 0 saturated heterocycles. The molecule has 0 spiro atoms. The first-order valence-electron chi connectivity index (χ1n) is 9.36. The fraction of sp³-hybridized carbons (Fsp3) is 0.850. The van der Waals surface area contributed by atoms with Gasteiger partial charge in [-0.05, 0) is 32.1 Å².